The highest BCUT2D eigenvalue weighted by molar-refractivity contribution is 14.1. The Morgan fingerprint density at radius 2 is 1.96 bits per heavy atom. The third-order valence-electron chi connectivity index (χ3n) is 6.35. The number of anilines is 2. The van der Waals surface area contributed by atoms with Crippen molar-refractivity contribution < 1.29 is 4.79 Å². The number of piperidine rings is 1. The highest BCUT2D eigenvalue weighted by Gasteiger charge is 2.44. The van der Waals surface area contributed by atoms with Crippen LogP contribution in [0.1, 0.15) is 48.9 Å². The van der Waals surface area contributed by atoms with Gasteiger partial charge in [0.25, 0.3) is 5.91 Å². The normalized spacial score (nSPS) is 20.7. The van der Waals surface area contributed by atoms with E-state index in [-0.39, 0.29) is 5.91 Å². The molecule has 1 amide bonds. The monoisotopic (exact) mass is 476 g/mol. The molecule has 2 aliphatic carbocycles. The van der Waals surface area contributed by atoms with Gasteiger partial charge in [0.05, 0.1) is 11.3 Å². The topological polar surface area (TPSA) is 50.2 Å². The summed E-state index contributed by atoms with van der Waals surface area (Å²) in [6, 6.07) is 8.00. The zero-order chi connectivity index (χ0) is 18.4. The number of carbonyl (C=O) groups excluding carboxylic acids is 1. The molecule has 27 heavy (non-hydrogen) atoms. The third kappa shape index (κ3) is 3.86. The standard InChI is InChI=1S/C21H25IN4O/c22-16-3-4-17(18(13-16)25-11-8-21(6-7-21)9-12-25)20(27)23-19-5-10-26(24-19)14-15-1-2-15/h3-5,10,13,15H,1-2,6-9,11-12,14H2,(H,23,24,27). The quantitative estimate of drug-likeness (QED) is 0.646. The SMILES string of the molecule is O=C(Nc1ccn(CC2CC2)n1)c1ccc(I)cc1N1CCC2(CC1)CC2. The van der Waals surface area contributed by atoms with Crippen molar-refractivity contribution in [2.24, 2.45) is 11.3 Å². The zero-order valence-corrected chi connectivity index (χ0v) is 17.6. The number of rotatable bonds is 5. The Morgan fingerprint density at radius 1 is 1.19 bits per heavy atom. The number of aromatic nitrogens is 2. The molecule has 1 saturated heterocycles. The smallest absolute Gasteiger partial charge is 0.258 e. The van der Waals surface area contributed by atoms with Gasteiger partial charge in [0, 0.05) is 35.5 Å². The maximum absolute atomic E-state index is 13.0. The molecule has 1 aliphatic heterocycles. The van der Waals surface area contributed by atoms with Crippen LogP contribution in [-0.2, 0) is 6.54 Å². The van der Waals surface area contributed by atoms with E-state index in [1.54, 1.807) is 0 Å². The summed E-state index contributed by atoms with van der Waals surface area (Å²) in [5, 5.41) is 7.51. The molecular formula is C21H25IN4O. The molecule has 2 heterocycles. The third-order valence-corrected chi connectivity index (χ3v) is 7.02. The van der Waals surface area contributed by atoms with Crippen molar-refractivity contribution >= 4 is 40.0 Å². The first-order valence-corrected chi connectivity index (χ1v) is 11.1. The highest BCUT2D eigenvalue weighted by atomic mass is 127. The highest BCUT2D eigenvalue weighted by Crippen LogP contribution is 2.54. The lowest BCUT2D eigenvalue weighted by atomic mass is 9.93. The second-order valence-electron chi connectivity index (χ2n) is 8.47. The number of hydrogen-bond acceptors (Lipinski definition) is 3. The summed E-state index contributed by atoms with van der Waals surface area (Å²) in [6.07, 6.45) is 9.85. The van der Waals surface area contributed by atoms with Gasteiger partial charge < -0.3 is 10.2 Å². The Labute approximate surface area is 173 Å². The molecule has 3 fully saturated rings. The maximum Gasteiger partial charge on any atom is 0.258 e. The van der Waals surface area contributed by atoms with Crippen molar-refractivity contribution in [2.75, 3.05) is 23.3 Å². The molecule has 2 saturated carbocycles. The van der Waals surface area contributed by atoms with Crippen LogP contribution in [-0.4, -0.2) is 28.8 Å². The first-order valence-electron chi connectivity index (χ1n) is 10.00. The summed E-state index contributed by atoms with van der Waals surface area (Å²) in [6.45, 7) is 3.06. The lowest BCUT2D eigenvalue weighted by Crippen LogP contribution is -2.35. The van der Waals surface area contributed by atoms with Crippen LogP contribution in [0.15, 0.2) is 30.5 Å². The van der Waals surface area contributed by atoms with Crippen LogP contribution < -0.4 is 10.2 Å². The molecule has 5 rings (SSSR count). The average molecular weight is 476 g/mol. The molecule has 0 bridgehead atoms. The van der Waals surface area contributed by atoms with Crippen LogP contribution in [0.5, 0.6) is 0 Å². The van der Waals surface area contributed by atoms with E-state index in [2.05, 4.69) is 44.0 Å². The van der Waals surface area contributed by atoms with Gasteiger partial charge in [-0.3, -0.25) is 9.48 Å². The maximum atomic E-state index is 13.0. The molecular weight excluding hydrogens is 451 g/mol. The minimum Gasteiger partial charge on any atom is -0.371 e. The van der Waals surface area contributed by atoms with Gasteiger partial charge in [0.15, 0.2) is 5.82 Å². The van der Waals surface area contributed by atoms with Gasteiger partial charge in [-0.05, 0) is 90.6 Å². The van der Waals surface area contributed by atoms with E-state index in [9.17, 15) is 4.79 Å². The first kappa shape index (κ1) is 17.5. The van der Waals surface area contributed by atoms with Crippen LogP contribution >= 0.6 is 22.6 Å². The number of carbonyl (C=O) groups is 1. The minimum absolute atomic E-state index is 0.0650. The average Bonchev–Trinajstić information content (AvgIpc) is 3.57. The van der Waals surface area contributed by atoms with E-state index in [1.165, 1.54) is 42.1 Å². The van der Waals surface area contributed by atoms with Gasteiger partial charge in [-0.15, -0.1) is 0 Å². The Kier molecular flexibility index (Phi) is 4.41. The van der Waals surface area contributed by atoms with Gasteiger partial charge in [-0.2, -0.15) is 5.10 Å². The summed E-state index contributed by atoms with van der Waals surface area (Å²) in [4.78, 5) is 15.4. The largest absolute Gasteiger partial charge is 0.371 e. The Morgan fingerprint density at radius 3 is 2.67 bits per heavy atom. The number of benzene rings is 1. The number of hydrogen-bond donors (Lipinski definition) is 1. The molecule has 1 aromatic heterocycles. The van der Waals surface area contributed by atoms with Crippen LogP contribution in [0.3, 0.4) is 0 Å². The van der Waals surface area contributed by atoms with E-state index < -0.39 is 0 Å². The second kappa shape index (κ2) is 6.79. The van der Waals surface area contributed by atoms with Crippen LogP contribution in [0.4, 0.5) is 11.5 Å². The van der Waals surface area contributed by atoms with Gasteiger partial charge in [-0.1, -0.05) is 0 Å². The summed E-state index contributed by atoms with van der Waals surface area (Å²) < 4.78 is 3.11. The van der Waals surface area contributed by atoms with Crippen molar-refractivity contribution in [2.45, 2.75) is 45.1 Å². The molecule has 0 atom stereocenters. The van der Waals surface area contributed by atoms with E-state index in [0.717, 1.165) is 36.8 Å². The van der Waals surface area contributed by atoms with Crippen LogP contribution in [0.25, 0.3) is 0 Å². The summed E-state index contributed by atoms with van der Waals surface area (Å²) in [5.74, 6) is 1.34. The van der Waals surface area contributed by atoms with Crippen molar-refractivity contribution in [1.29, 1.82) is 0 Å². The second-order valence-corrected chi connectivity index (χ2v) is 9.71. The van der Waals surface area contributed by atoms with Crippen LogP contribution in [0, 0.1) is 14.9 Å². The van der Waals surface area contributed by atoms with Crippen molar-refractivity contribution in [3.8, 4) is 0 Å². The molecule has 1 N–H and O–H groups in total. The molecule has 142 valence electrons. The molecule has 5 nitrogen and oxygen atoms in total. The van der Waals surface area contributed by atoms with Crippen molar-refractivity contribution in [3.05, 3.63) is 39.6 Å². The molecule has 0 unspecified atom stereocenters. The fourth-order valence-corrected chi connectivity index (χ4v) is 4.61. The zero-order valence-electron chi connectivity index (χ0n) is 15.5. The molecule has 0 radical (unpaired) electrons. The van der Waals surface area contributed by atoms with Gasteiger partial charge in [-0.25, -0.2) is 0 Å². The summed E-state index contributed by atoms with van der Waals surface area (Å²) in [7, 11) is 0. The van der Waals surface area contributed by atoms with Gasteiger partial charge >= 0.3 is 0 Å². The fraction of sp³-hybridized carbons (Fsp3) is 0.524. The van der Waals surface area contributed by atoms with E-state index in [4.69, 9.17) is 0 Å². The molecule has 2 aromatic rings. The molecule has 3 aliphatic rings. The lowest BCUT2D eigenvalue weighted by molar-refractivity contribution is 0.102. The predicted molar refractivity (Wildman–Crippen MR) is 115 cm³/mol. The van der Waals surface area contributed by atoms with Gasteiger partial charge in [0.1, 0.15) is 0 Å². The van der Waals surface area contributed by atoms with Crippen LogP contribution in [0.2, 0.25) is 0 Å². The van der Waals surface area contributed by atoms with E-state index >= 15 is 0 Å². The van der Waals surface area contributed by atoms with E-state index in [0.29, 0.717) is 11.2 Å². The van der Waals surface area contributed by atoms with Gasteiger partial charge in [0.2, 0.25) is 0 Å². The minimum atomic E-state index is -0.0650. The lowest BCUT2D eigenvalue weighted by Gasteiger charge is -2.35. The Hall–Kier alpha value is -1.57. The number of halogens is 1. The summed E-state index contributed by atoms with van der Waals surface area (Å²) >= 11 is 2.33. The van der Waals surface area contributed by atoms with E-state index in [1.807, 2.05) is 29.1 Å². The fourth-order valence-electron chi connectivity index (χ4n) is 4.14. The molecule has 1 aromatic carbocycles. The number of nitrogens with zero attached hydrogens (tertiary/aromatic N) is 3. The Bertz CT molecular complexity index is 859. The Balaban J connectivity index is 1.32. The predicted octanol–water partition coefficient (Wildman–Crippen LogP) is 4.53. The summed E-state index contributed by atoms with van der Waals surface area (Å²) in [5.41, 5.74) is 2.45. The molecule has 1 spiro atoms. The van der Waals surface area contributed by atoms with Crippen molar-refractivity contribution in [3.63, 3.8) is 0 Å². The van der Waals surface area contributed by atoms with Crippen molar-refractivity contribution in [1.82, 2.24) is 9.78 Å². The number of nitrogens with one attached hydrogen (secondary N) is 1. The first-order chi connectivity index (χ1) is 13.1. The number of amides is 1. The molecule has 6 heteroatoms.